The van der Waals surface area contributed by atoms with E-state index in [1.54, 1.807) is 0 Å². The van der Waals surface area contributed by atoms with Crippen LogP contribution in [0.4, 0.5) is 17.1 Å². The average Bonchev–Trinajstić information content (AvgIpc) is 3.95. The summed E-state index contributed by atoms with van der Waals surface area (Å²) in [6.07, 6.45) is 1.88. The van der Waals surface area contributed by atoms with Crippen molar-refractivity contribution in [1.29, 1.82) is 0 Å². The molecule has 0 aliphatic rings. The van der Waals surface area contributed by atoms with Gasteiger partial charge in [-0.1, -0.05) is 152 Å². The van der Waals surface area contributed by atoms with E-state index >= 15 is 0 Å². The number of hydrogen-bond donors (Lipinski definition) is 0. The number of nitrogens with zero attached hydrogens (tertiary/aromatic N) is 7. The number of anilines is 3. The van der Waals surface area contributed by atoms with E-state index in [1.807, 2.05) is 66.9 Å². The molecule has 0 saturated carbocycles. The van der Waals surface area contributed by atoms with Gasteiger partial charge in [-0.3, -0.25) is 4.98 Å². The van der Waals surface area contributed by atoms with Crippen molar-refractivity contribution in [3.8, 4) is 56.8 Å². The summed E-state index contributed by atoms with van der Waals surface area (Å²) in [5.41, 5.74) is 14.3. The van der Waals surface area contributed by atoms with E-state index in [9.17, 15) is 0 Å². The summed E-state index contributed by atoms with van der Waals surface area (Å²) in [5, 5.41) is 4.74. The lowest BCUT2D eigenvalue weighted by molar-refractivity contribution is 1.07. The second-order valence-corrected chi connectivity index (χ2v) is 17.1. The molecule has 0 atom stereocenters. The van der Waals surface area contributed by atoms with Crippen molar-refractivity contribution >= 4 is 60.7 Å². The van der Waals surface area contributed by atoms with Gasteiger partial charge in [0.2, 0.25) is 0 Å². The lowest BCUT2D eigenvalue weighted by Crippen LogP contribution is -2.09. The monoisotopic (exact) mass is 883 g/mol. The van der Waals surface area contributed by atoms with Crippen molar-refractivity contribution in [3.63, 3.8) is 0 Å². The number of pyridine rings is 1. The van der Waals surface area contributed by atoms with Gasteiger partial charge >= 0.3 is 0 Å². The Balaban J connectivity index is 1.00. The van der Waals surface area contributed by atoms with Crippen molar-refractivity contribution in [2.45, 2.75) is 0 Å². The Bertz CT molecular complexity index is 3850. The fourth-order valence-electron chi connectivity index (χ4n) is 9.82. The van der Waals surface area contributed by atoms with Crippen LogP contribution in [-0.4, -0.2) is 29.1 Å². The highest BCUT2D eigenvalue weighted by Gasteiger charge is 2.21. The molecule has 0 bridgehead atoms. The molecule has 0 radical (unpaired) electrons. The molecule has 0 aliphatic carbocycles. The number of para-hydroxylation sites is 5. The molecule has 0 unspecified atom stereocenters. The van der Waals surface area contributed by atoms with E-state index in [0.717, 1.165) is 83.8 Å². The highest BCUT2D eigenvalue weighted by atomic mass is 15.1. The lowest BCUT2D eigenvalue weighted by atomic mass is 10.1. The fraction of sp³-hybridized carbons (Fsp3) is 0. The van der Waals surface area contributed by atoms with Crippen molar-refractivity contribution in [2.24, 2.45) is 0 Å². The van der Waals surface area contributed by atoms with Crippen LogP contribution >= 0.6 is 0 Å². The van der Waals surface area contributed by atoms with E-state index < -0.39 is 0 Å². The van der Waals surface area contributed by atoms with Gasteiger partial charge in [-0.05, 0) is 91.0 Å². The molecule has 9 aromatic carbocycles. The predicted molar refractivity (Wildman–Crippen MR) is 283 cm³/mol. The number of aromatic nitrogens is 6. The quantitative estimate of drug-likeness (QED) is 0.144. The second kappa shape index (κ2) is 16.8. The van der Waals surface area contributed by atoms with Crippen molar-refractivity contribution in [1.82, 2.24) is 29.1 Å². The maximum Gasteiger partial charge on any atom is 0.165 e. The van der Waals surface area contributed by atoms with Gasteiger partial charge in [-0.25, -0.2) is 15.0 Å². The van der Waals surface area contributed by atoms with Crippen LogP contribution in [-0.2, 0) is 0 Å². The molecule has 0 amide bonds. The number of rotatable bonds is 9. The fourth-order valence-corrected chi connectivity index (χ4v) is 9.82. The van der Waals surface area contributed by atoms with Crippen LogP contribution in [0.3, 0.4) is 0 Å². The first-order chi connectivity index (χ1) is 34.2. The van der Waals surface area contributed by atoms with Crippen LogP contribution in [0.2, 0.25) is 0 Å². The van der Waals surface area contributed by atoms with Crippen LogP contribution < -0.4 is 4.90 Å². The third-order valence-electron chi connectivity index (χ3n) is 13.0. The molecule has 4 aromatic heterocycles. The van der Waals surface area contributed by atoms with Gasteiger partial charge in [-0.15, -0.1) is 0 Å². The van der Waals surface area contributed by atoms with Gasteiger partial charge in [0.25, 0.3) is 0 Å². The van der Waals surface area contributed by atoms with Gasteiger partial charge in [0.15, 0.2) is 17.5 Å². The van der Waals surface area contributed by atoms with Gasteiger partial charge in [-0.2, -0.15) is 0 Å². The molecular weight excluding hydrogens is 843 g/mol. The molecule has 0 spiro atoms. The number of benzene rings is 9. The van der Waals surface area contributed by atoms with E-state index in [4.69, 9.17) is 19.9 Å². The zero-order valence-electron chi connectivity index (χ0n) is 37.3. The summed E-state index contributed by atoms with van der Waals surface area (Å²) < 4.78 is 4.79. The summed E-state index contributed by atoms with van der Waals surface area (Å²) in [6.45, 7) is 0. The van der Waals surface area contributed by atoms with Crippen molar-refractivity contribution in [2.75, 3.05) is 4.90 Å². The first-order valence-corrected chi connectivity index (χ1v) is 23.1. The maximum absolute atomic E-state index is 5.19. The predicted octanol–water partition coefficient (Wildman–Crippen LogP) is 15.6. The lowest BCUT2D eigenvalue weighted by Gasteiger charge is -2.25. The zero-order chi connectivity index (χ0) is 45.7. The molecule has 0 saturated heterocycles. The highest BCUT2D eigenvalue weighted by molar-refractivity contribution is 6.11. The number of hydrogen-bond acceptors (Lipinski definition) is 5. The molecule has 7 nitrogen and oxygen atoms in total. The molecule has 0 fully saturated rings. The molecular formula is C62H41N7. The molecule has 7 heteroatoms. The molecule has 69 heavy (non-hydrogen) atoms. The largest absolute Gasteiger partial charge is 0.310 e. The van der Waals surface area contributed by atoms with Gasteiger partial charge in [0.05, 0.1) is 27.8 Å². The Kier molecular flexibility index (Phi) is 9.68. The van der Waals surface area contributed by atoms with Crippen LogP contribution in [0, 0.1) is 0 Å². The van der Waals surface area contributed by atoms with Gasteiger partial charge < -0.3 is 14.0 Å². The zero-order valence-corrected chi connectivity index (χ0v) is 37.3. The topological polar surface area (TPSA) is 64.7 Å². The van der Waals surface area contributed by atoms with Crippen LogP contribution in [0.15, 0.2) is 249 Å². The SMILES string of the molecule is c1ccc(-c2nc(-c3ccccc3)nc(-c3ccc(-c4cc(-n5c6ccccc6c6ccccc65)cc(-n5c6ccccc6c6cc(N(c7ccccc7)c7ccccc7)ccc65)c4)nc3)n2)cc1. The van der Waals surface area contributed by atoms with Crippen molar-refractivity contribution < 1.29 is 0 Å². The Morgan fingerprint density at radius 1 is 0.290 bits per heavy atom. The average molecular weight is 884 g/mol. The second-order valence-electron chi connectivity index (χ2n) is 17.1. The van der Waals surface area contributed by atoms with Crippen LogP contribution in [0.1, 0.15) is 0 Å². The maximum atomic E-state index is 5.19. The third kappa shape index (κ3) is 7.08. The minimum Gasteiger partial charge on any atom is -0.310 e. The summed E-state index contributed by atoms with van der Waals surface area (Å²) in [5.74, 6) is 1.78. The van der Waals surface area contributed by atoms with Crippen LogP contribution in [0.25, 0.3) is 100 Å². The summed E-state index contributed by atoms with van der Waals surface area (Å²) >= 11 is 0. The first-order valence-electron chi connectivity index (χ1n) is 23.1. The molecule has 0 aliphatic heterocycles. The number of fused-ring (bicyclic) bond motifs is 6. The Labute approximate surface area is 398 Å². The van der Waals surface area contributed by atoms with E-state index in [-0.39, 0.29) is 0 Å². The summed E-state index contributed by atoms with van der Waals surface area (Å²) in [4.78, 5) is 22.4. The highest BCUT2D eigenvalue weighted by Crippen LogP contribution is 2.41. The van der Waals surface area contributed by atoms with Crippen molar-refractivity contribution in [3.05, 3.63) is 249 Å². The van der Waals surface area contributed by atoms with Crippen LogP contribution in [0.5, 0.6) is 0 Å². The first kappa shape index (κ1) is 39.9. The Hall–Kier alpha value is -9.46. The molecule has 4 heterocycles. The third-order valence-corrected chi connectivity index (χ3v) is 13.0. The van der Waals surface area contributed by atoms with E-state index in [0.29, 0.717) is 17.5 Å². The summed E-state index contributed by atoms with van der Waals surface area (Å²) in [6, 6.07) is 85.1. The summed E-state index contributed by atoms with van der Waals surface area (Å²) in [7, 11) is 0. The molecule has 324 valence electrons. The Morgan fingerprint density at radius 3 is 1.19 bits per heavy atom. The smallest absolute Gasteiger partial charge is 0.165 e. The standard InChI is InChI=1S/C62H41N7/c1-5-19-42(20-6-1)60-64-61(43-21-7-2-8-22-43)66-62(65-60)44-33-35-55(63-41-44)45-37-49(68-56-30-16-13-27-51(56)52-28-14-17-31-57(52)68)39-50(38-45)69-58-32-18-15-29-53(58)54-40-48(34-36-59(54)69)67(46-23-9-3-10-24-46)47-25-11-4-12-26-47/h1-41H. The molecule has 13 aromatic rings. The molecule has 0 N–H and O–H groups in total. The molecule has 13 rings (SSSR count). The minimum atomic E-state index is 0.559. The minimum absolute atomic E-state index is 0.559. The van der Waals surface area contributed by atoms with E-state index in [2.05, 4.69) is 196 Å². The normalized spacial score (nSPS) is 11.5. The van der Waals surface area contributed by atoms with E-state index in [1.165, 1.54) is 16.2 Å². The van der Waals surface area contributed by atoms with Gasteiger partial charge in [0, 0.05) is 78.4 Å². The Morgan fingerprint density at radius 2 is 0.710 bits per heavy atom. The van der Waals surface area contributed by atoms with Gasteiger partial charge in [0.1, 0.15) is 0 Å².